The number of carbonyl (C=O) groups excluding carboxylic acids is 1. The number of amides is 1. The normalized spacial score (nSPS) is 17.3. The van der Waals surface area contributed by atoms with Crippen LogP contribution in [0.4, 0.5) is 0 Å². The minimum absolute atomic E-state index is 0.147. The van der Waals surface area contributed by atoms with Crippen LogP contribution in [-0.4, -0.2) is 30.2 Å². The lowest BCUT2D eigenvalue weighted by Crippen LogP contribution is -2.38. The molecular weight excluding hydrogens is 330 g/mol. The van der Waals surface area contributed by atoms with Gasteiger partial charge in [-0.3, -0.25) is 4.79 Å². The lowest BCUT2D eigenvalue weighted by atomic mass is 10.0. The molecular formula is C21H21NO2S. The van der Waals surface area contributed by atoms with Crippen molar-refractivity contribution in [3.63, 3.8) is 0 Å². The number of fused-ring (bicyclic) bond motifs is 1. The van der Waals surface area contributed by atoms with E-state index in [0.29, 0.717) is 19.8 Å². The van der Waals surface area contributed by atoms with Crippen molar-refractivity contribution in [1.82, 2.24) is 4.90 Å². The molecule has 3 aromatic rings. The molecule has 128 valence electrons. The fourth-order valence-electron chi connectivity index (χ4n) is 3.42. The van der Waals surface area contributed by atoms with Crippen LogP contribution in [0.25, 0.3) is 10.1 Å². The highest BCUT2D eigenvalue weighted by molar-refractivity contribution is 7.17. The van der Waals surface area contributed by atoms with E-state index in [1.54, 1.807) is 11.3 Å². The molecule has 25 heavy (non-hydrogen) atoms. The molecule has 0 N–H and O–H groups in total. The summed E-state index contributed by atoms with van der Waals surface area (Å²) < 4.78 is 6.87. The van der Waals surface area contributed by atoms with Gasteiger partial charge in [0.15, 0.2) is 0 Å². The molecule has 1 atom stereocenters. The van der Waals surface area contributed by atoms with E-state index in [1.165, 1.54) is 21.2 Å². The van der Waals surface area contributed by atoms with Gasteiger partial charge in [-0.2, -0.15) is 0 Å². The van der Waals surface area contributed by atoms with Gasteiger partial charge in [0.2, 0.25) is 5.91 Å². The van der Waals surface area contributed by atoms with E-state index in [4.69, 9.17) is 4.74 Å². The van der Waals surface area contributed by atoms with Gasteiger partial charge in [0.05, 0.1) is 12.6 Å². The molecule has 2 heterocycles. The van der Waals surface area contributed by atoms with Crippen LogP contribution in [0.2, 0.25) is 0 Å². The van der Waals surface area contributed by atoms with Crippen LogP contribution in [0, 0.1) is 0 Å². The maximum absolute atomic E-state index is 12.7. The van der Waals surface area contributed by atoms with E-state index in [0.717, 1.165) is 12.8 Å². The van der Waals surface area contributed by atoms with E-state index in [2.05, 4.69) is 41.8 Å². The summed E-state index contributed by atoms with van der Waals surface area (Å²) in [4.78, 5) is 14.6. The van der Waals surface area contributed by atoms with Crippen molar-refractivity contribution < 1.29 is 9.53 Å². The number of hydrogen-bond acceptors (Lipinski definition) is 3. The van der Waals surface area contributed by atoms with Crippen molar-refractivity contribution >= 4 is 27.3 Å². The number of benzene rings is 2. The summed E-state index contributed by atoms with van der Waals surface area (Å²) in [5.74, 6) is 0.189. The molecule has 1 aliphatic rings. The second kappa shape index (κ2) is 7.38. The van der Waals surface area contributed by atoms with Crippen LogP contribution in [-0.2, 0) is 22.4 Å². The largest absolute Gasteiger partial charge is 0.359 e. The number of nitrogens with zero attached hydrogens (tertiary/aromatic N) is 1. The zero-order chi connectivity index (χ0) is 17.1. The van der Waals surface area contributed by atoms with E-state index < -0.39 is 0 Å². The molecule has 1 unspecified atom stereocenters. The summed E-state index contributed by atoms with van der Waals surface area (Å²) >= 11 is 1.75. The van der Waals surface area contributed by atoms with Gasteiger partial charge in [0.1, 0.15) is 6.73 Å². The smallest absolute Gasteiger partial charge is 0.225 e. The molecule has 1 fully saturated rings. The molecule has 0 aliphatic carbocycles. The first-order chi connectivity index (χ1) is 12.3. The molecule has 1 aliphatic heterocycles. The Kier molecular flexibility index (Phi) is 4.81. The minimum atomic E-state index is 0.147. The van der Waals surface area contributed by atoms with Gasteiger partial charge in [-0.05, 0) is 40.8 Å². The van der Waals surface area contributed by atoms with Gasteiger partial charge in [0.25, 0.3) is 0 Å². The first-order valence-corrected chi connectivity index (χ1v) is 9.55. The lowest BCUT2D eigenvalue weighted by molar-refractivity contribution is -0.133. The highest BCUT2D eigenvalue weighted by atomic mass is 32.1. The van der Waals surface area contributed by atoms with E-state index in [1.807, 2.05) is 23.1 Å². The van der Waals surface area contributed by atoms with Gasteiger partial charge in [-0.15, -0.1) is 11.3 Å². The van der Waals surface area contributed by atoms with Gasteiger partial charge in [-0.1, -0.05) is 48.5 Å². The number of aryl methyl sites for hydroxylation is 1. The summed E-state index contributed by atoms with van der Waals surface area (Å²) in [5, 5.41) is 3.46. The second-order valence-electron chi connectivity index (χ2n) is 6.46. The summed E-state index contributed by atoms with van der Waals surface area (Å²) in [6.45, 7) is 1.04. The van der Waals surface area contributed by atoms with E-state index in [9.17, 15) is 4.79 Å². The Labute approximate surface area is 151 Å². The molecule has 0 spiro atoms. The van der Waals surface area contributed by atoms with Crippen LogP contribution >= 0.6 is 11.3 Å². The van der Waals surface area contributed by atoms with Crippen LogP contribution in [0.1, 0.15) is 17.5 Å². The Balaban J connectivity index is 1.40. The van der Waals surface area contributed by atoms with Crippen molar-refractivity contribution in [3.8, 4) is 0 Å². The molecule has 1 saturated heterocycles. The van der Waals surface area contributed by atoms with Crippen LogP contribution in [0.5, 0.6) is 0 Å². The minimum Gasteiger partial charge on any atom is -0.359 e. The number of hydrogen-bond donors (Lipinski definition) is 0. The quantitative estimate of drug-likeness (QED) is 0.687. The predicted octanol–water partition coefficient (Wildman–Crippen LogP) is 4.26. The molecule has 0 saturated carbocycles. The molecule has 0 radical (unpaired) electrons. The Hall–Kier alpha value is -2.17. The molecule has 1 aromatic heterocycles. The SMILES string of the molecule is O=C(CCc1csc2ccccc12)N1COCC1Cc1ccccc1. The number of carbonyl (C=O) groups is 1. The third kappa shape index (κ3) is 3.60. The van der Waals surface area contributed by atoms with Gasteiger partial charge in [0, 0.05) is 11.1 Å². The predicted molar refractivity (Wildman–Crippen MR) is 102 cm³/mol. The Morgan fingerprint density at radius 2 is 1.92 bits per heavy atom. The summed E-state index contributed by atoms with van der Waals surface area (Å²) in [6.07, 6.45) is 2.18. The third-order valence-electron chi connectivity index (χ3n) is 4.79. The second-order valence-corrected chi connectivity index (χ2v) is 7.38. The zero-order valence-electron chi connectivity index (χ0n) is 14.1. The van der Waals surface area contributed by atoms with Gasteiger partial charge >= 0.3 is 0 Å². The Bertz CT molecular complexity index is 858. The first-order valence-electron chi connectivity index (χ1n) is 8.67. The van der Waals surface area contributed by atoms with E-state index in [-0.39, 0.29) is 11.9 Å². The average Bonchev–Trinajstić information content (AvgIpc) is 3.27. The average molecular weight is 351 g/mol. The van der Waals surface area contributed by atoms with Crippen LogP contribution in [0.15, 0.2) is 60.0 Å². The van der Waals surface area contributed by atoms with Crippen molar-refractivity contribution in [3.05, 3.63) is 71.1 Å². The Morgan fingerprint density at radius 1 is 1.12 bits per heavy atom. The molecule has 1 amide bonds. The fraction of sp³-hybridized carbons (Fsp3) is 0.286. The van der Waals surface area contributed by atoms with Crippen molar-refractivity contribution in [2.24, 2.45) is 0 Å². The molecule has 2 aromatic carbocycles. The monoisotopic (exact) mass is 351 g/mol. The number of rotatable bonds is 5. The van der Waals surface area contributed by atoms with Gasteiger partial charge < -0.3 is 9.64 Å². The van der Waals surface area contributed by atoms with E-state index >= 15 is 0 Å². The first kappa shape index (κ1) is 16.3. The summed E-state index contributed by atoms with van der Waals surface area (Å²) in [5.41, 5.74) is 2.52. The maximum atomic E-state index is 12.7. The van der Waals surface area contributed by atoms with Crippen LogP contribution < -0.4 is 0 Å². The zero-order valence-corrected chi connectivity index (χ0v) is 14.9. The van der Waals surface area contributed by atoms with Gasteiger partial charge in [-0.25, -0.2) is 0 Å². The highest BCUT2D eigenvalue weighted by Crippen LogP contribution is 2.27. The van der Waals surface area contributed by atoms with Crippen molar-refractivity contribution in [1.29, 1.82) is 0 Å². The maximum Gasteiger partial charge on any atom is 0.225 e. The molecule has 3 nitrogen and oxygen atoms in total. The van der Waals surface area contributed by atoms with Crippen molar-refractivity contribution in [2.75, 3.05) is 13.3 Å². The van der Waals surface area contributed by atoms with Crippen molar-refractivity contribution in [2.45, 2.75) is 25.3 Å². The topological polar surface area (TPSA) is 29.5 Å². The lowest BCUT2D eigenvalue weighted by Gasteiger charge is -2.22. The number of ether oxygens (including phenoxy) is 1. The standard InChI is InChI=1S/C21H21NO2S/c23-21(11-10-17-14-25-20-9-5-4-8-19(17)20)22-15-24-13-18(22)12-16-6-2-1-3-7-16/h1-9,14,18H,10-13,15H2. The summed E-state index contributed by atoms with van der Waals surface area (Å²) in [6, 6.07) is 18.9. The molecule has 0 bridgehead atoms. The Morgan fingerprint density at radius 3 is 2.80 bits per heavy atom. The number of thiophene rings is 1. The molecule has 4 rings (SSSR count). The fourth-order valence-corrected chi connectivity index (χ4v) is 4.42. The molecule has 4 heteroatoms. The summed E-state index contributed by atoms with van der Waals surface area (Å²) in [7, 11) is 0. The third-order valence-corrected chi connectivity index (χ3v) is 5.80. The highest BCUT2D eigenvalue weighted by Gasteiger charge is 2.29. The van der Waals surface area contributed by atoms with Crippen LogP contribution in [0.3, 0.4) is 0 Å².